The largest absolute Gasteiger partial charge is 0.371 e. The predicted octanol–water partition coefficient (Wildman–Crippen LogP) is 2.28. The third-order valence-electron chi connectivity index (χ3n) is 6.28. The Morgan fingerprint density at radius 1 is 1.10 bits per heavy atom. The van der Waals surface area contributed by atoms with Crippen molar-refractivity contribution in [3.63, 3.8) is 0 Å². The minimum Gasteiger partial charge on any atom is -0.371 e. The number of hydrogen-bond acceptors (Lipinski definition) is 3. The number of halogens is 1. The number of pyridine rings is 1. The first-order valence-electron chi connectivity index (χ1n) is 10.6. The number of hydrogen-bond donors (Lipinski definition) is 1. The molecule has 0 spiro atoms. The van der Waals surface area contributed by atoms with Crippen LogP contribution in [0.5, 0.6) is 0 Å². The van der Waals surface area contributed by atoms with E-state index in [1.165, 1.54) is 4.90 Å². The zero-order chi connectivity index (χ0) is 20.4. The molecule has 0 radical (unpaired) electrons. The Morgan fingerprint density at radius 2 is 1.83 bits per heavy atom. The molecule has 5 nitrogen and oxygen atoms in total. The number of nitrogens with one attached hydrogen (secondary N) is 1. The van der Waals surface area contributed by atoms with Gasteiger partial charge >= 0.3 is 0 Å². The van der Waals surface area contributed by atoms with E-state index < -0.39 is 0 Å². The zero-order valence-electron chi connectivity index (χ0n) is 17.3. The summed E-state index contributed by atoms with van der Waals surface area (Å²) in [7, 11) is 2.20. The lowest BCUT2D eigenvalue weighted by Crippen LogP contribution is -3.12. The molecule has 6 heteroatoms. The van der Waals surface area contributed by atoms with Crippen LogP contribution in [0.4, 0.5) is 5.69 Å². The van der Waals surface area contributed by atoms with Crippen LogP contribution in [0.3, 0.4) is 0 Å². The van der Waals surface area contributed by atoms with E-state index in [0.29, 0.717) is 10.9 Å². The second-order valence-electron chi connectivity index (χ2n) is 8.43. The topological polar surface area (TPSA) is 40.9 Å². The van der Waals surface area contributed by atoms with Gasteiger partial charge in [0.05, 0.1) is 43.9 Å². The van der Waals surface area contributed by atoms with Crippen LogP contribution in [0.1, 0.15) is 18.4 Å². The number of amides is 1. The standard InChI is InChI=1S/C23H29ClN4O/c1-17-3-6-22(25-16-17)20-15-19(4-5-21(20)24)27-9-7-18(8-10-27)23(29)28-13-11-26(2)12-14-28/h3-6,15-16,18H,7-14H2,1-2H3/p+1. The number of likely N-dealkylation sites (N-methyl/N-ethyl adjacent to an activating group) is 1. The van der Waals surface area contributed by atoms with Gasteiger partial charge in [0, 0.05) is 36.5 Å². The van der Waals surface area contributed by atoms with E-state index in [4.69, 9.17) is 11.6 Å². The van der Waals surface area contributed by atoms with Crippen molar-refractivity contribution < 1.29 is 9.69 Å². The molecule has 3 heterocycles. The maximum atomic E-state index is 12.9. The van der Waals surface area contributed by atoms with E-state index >= 15 is 0 Å². The Kier molecular flexibility index (Phi) is 6.07. The molecule has 0 bridgehead atoms. The highest BCUT2D eigenvalue weighted by atomic mass is 35.5. The third kappa shape index (κ3) is 4.57. The van der Waals surface area contributed by atoms with Crippen LogP contribution >= 0.6 is 11.6 Å². The molecule has 0 unspecified atom stereocenters. The summed E-state index contributed by atoms with van der Waals surface area (Å²) in [5.74, 6) is 0.521. The number of rotatable bonds is 3. The maximum absolute atomic E-state index is 12.9. The van der Waals surface area contributed by atoms with Crippen molar-refractivity contribution in [3.8, 4) is 11.3 Å². The fourth-order valence-corrected chi connectivity index (χ4v) is 4.50. The summed E-state index contributed by atoms with van der Waals surface area (Å²) in [6, 6.07) is 10.2. The van der Waals surface area contributed by atoms with Gasteiger partial charge in [-0.15, -0.1) is 0 Å². The predicted molar refractivity (Wildman–Crippen MR) is 118 cm³/mol. The number of carbonyl (C=O) groups is 1. The van der Waals surface area contributed by atoms with Crippen LogP contribution in [0.2, 0.25) is 5.02 Å². The van der Waals surface area contributed by atoms with E-state index in [2.05, 4.69) is 40.0 Å². The second-order valence-corrected chi connectivity index (χ2v) is 8.84. The van der Waals surface area contributed by atoms with Crippen LogP contribution in [0.25, 0.3) is 11.3 Å². The molecule has 0 aliphatic carbocycles. The quantitative estimate of drug-likeness (QED) is 0.839. The van der Waals surface area contributed by atoms with Gasteiger partial charge in [-0.1, -0.05) is 17.7 Å². The molecule has 4 rings (SSSR count). The molecule has 2 saturated heterocycles. The number of benzene rings is 1. The Bertz CT molecular complexity index is 854. The lowest BCUT2D eigenvalue weighted by atomic mass is 9.94. The van der Waals surface area contributed by atoms with Gasteiger partial charge in [0.15, 0.2) is 0 Å². The van der Waals surface area contributed by atoms with E-state index in [9.17, 15) is 4.79 Å². The molecule has 1 amide bonds. The van der Waals surface area contributed by atoms with Gasteiger partial charge < -0.3 is 14.7 Å². The van der Waals surface area contributed by atoms with Gasteiger partial charge in [0.2, 0.25) is 5.91 Å². The van der Waals surface area contributed by atoms with Crippen molar-refractivity contribution in [2.24, 2.45) is 5.92 Å². The maximum Gasteiger partial charge on any atom is 0.226 e. The van der Waals surface area contributed by atoms with Crippen LogP contribution in [-0.2, 0) is 4.79 Å². The SMILES string of the molecule is Cc1ccc(-c2cc(N3CCC(C(=O)N4CC[NH+](C)CC4)CC3)ccc2Cl)nc1. The lowest BCUT2D eigenvalue weighted by Gasteiger charge is -2.37. The van der Waals surface area contributed by atoms with E-state index in [1.807, 2.05) is 25.3 Å². The Labute approximate surface area is 178 Å². The summed E-state index contributed by atoms with van der Waals surface area (Å²) in [5.41, 5.74) is 4.14. The molecule has 2 aliphatic heterocycles. The summed E-state index contributed by atoms with van der Waals surface area (Å²) >= 11 is 6.46. The fraction of sp³-hybridized carbons (Fsp3) is 0.478. The molecule has 0 saturated carbocycles. The van der Waals surface area contributed by atoms with E-state index in [0.717, 1.165) is 74.6 Å². The number of aryl methyl sites for hydroxylation is 1. The Balaban J connectivity index is 1.41. The van der Waals surface area contributed by atoms with Crippen LogP contribution < -0.4 is 9.80 Å². The van der Waals surface area contributed by atoms with Crippen molar-refractivity contribution >= 4 is 23.2 Å². The van der Waals surface area contributed by atoms with Crippen molar-refractivity contribution in [2.75, 3.05) is 51.2 Å². The molecule has 2 fully saturated rings. The van der Waals surface area contributed by atoms with Crippen molar-refractivity contribution in [1.29, 1.82) is 0 Å². The van der Waals surface area contributed by atoms with Crippen molar-refractivity contribution in [3.05, 3.63) is 47.1 Å². The van der Waals surface area contributed by atoms with Gasteiger partial charge in [-0.05, 0) is 49.6 Å². The molecule has 0 atom stereocenters. The molecule has 1 aromatic heterocycles. The molecular weight excluding hydrogens is 384 g/mol. The van der Waals surface area contributed by atoms with Gasteiger partial charge in [0.25, 0.3) is 0 Å². The van der Waals surface area contributed by atoms with E-state index in [1.54, 1.807) is 0 Å². The molecule has 2 aromatic rings. The number of quaternary nitrogens is 1. The first-order valence-corrected chi connectivity index (χ1v) is 11.0. The number of aromatic nitrogens is 1. The molecule has 1 N–H and O–H groups in total. The average Bonchev–Trinajstić information content (AvgIpc) is 2.75. The number of nitrogens with zero attached hydrogens (tertiary/aromatic N) is 3. The van der Waals surface area contributed by atoms with Gasteiger partial charge in [-0.25, -0.2) is 0 Å². The second kappa shape index (κ2) is 8.72. The highest BCUT2D eigenvalue weighted by molar-refractivity contribution is 6.33. The molecule has 29 heavy (non-hydrogen) atoms. The summed E-state index contributed by atoms with van der Waals surface area (Å²) in [5, 5.41) is 0.715. The molecule has 2 aliphatic rings. The zero-order valence-corrected chi connectivity index (χ0v) is 18.1. The number of carbonyl (C=O) groups excluding carboxylic acids is 1. The number of piperidine rings is 1. The van der Waals surface area contributed by atoms with Gasteiger partial charge in [0.1, 0.15) is 0 Å². The first-order chi connectivity index (χ1) is 14.0. The third-order valence-corrected chi connectivity index (χ3v) is 6.60. The molecule has 1 aromatic carbocycles. The van der Waals surface area contributed by atoms with Crippen molar-refractivity contribution in [2.45, 2.75) is 19.8 Å². The minimum absolute atomic E-state index is 0.162. The van der Waals surface area contributed by atoms with Crippen molar-refractivity contribution in [1.82, 2.24) is 9.88 Å². The Morgan fingerprint density at radius 3 is 2.48 bits per heavy atom. The summed E-state index contributed by atoms with van der Waals surface area (Å²) < 4.78 is 0. The normalized spacial score (nSPS) is 18.9. The first kappa shape index (κ1) is 20.2. The summed E-state index contributed by atoms with van der Waals surface area (Å²) in [6.07, 6.45) is 3.70. The monoisotopic (exact) mass is 413 g/mol. The fourth-order valence-electron chi connectivity index (χ4n) is 4.29. The highest BCUT2D eigenvalue weighted by Gasteiger charge is 2.31. The summed E-state index contributed by atoms with van der Waals surface area (Å²) in [6.45, 7) is 7.75. The van der Waals surface area contributed by atoms with E-state index in [-0.39, 0.29) is 5.92 Å². The molecular formula is C23H30ClN4O+. The van der Waals surface area contributed by atoms with Crippen LogP contribution in [0.15, 0.2) is 36.5 Å². The van der Waals surface area contributed by atoms with Gasteiger partial charge in [-0.3, -0.25) is 9.78 Å². The smallest absolute Gasteiger partial charge is 0.226 e. The number of anilines is 1. The van der Waals surface area contributed by atoms with Crippen LogP contribution in [0, 0.1) is 12.8 Å². The molecule has 154 valence electrons. The summed E-state index contributed by atoms with van der Waals surface area (Å²) in [4.78, 5) is 23.4. The minimum atomic E-state index is 0.162. The average molecular weight is 414 g/mol. The lowest BCUT2D eigenvalue weighted by molar-refractivity contribution is -0.883. The highest BCUT2D eigenvalue weighted by Crippen LogP contribution is 2.33. The van der Waals surface area contributed by atoms with Gasteiger partial charge in [-0.2, -0.15) is 0 Å². The number of piperazine rings is 1. The van der Waals surface area contributed by atoms with Crippen LogP contribution in [-0.4, -0.2) is 62.1 Å². The Hall–Kier alpha value is -2.11.